The molecule has 23 heavy (non-hydrogen) atoms. The fraction of sp³-hybridized carbons (Fsp3) is 0.316. The van der Waals surface area contributed by atoms with Gasteiger partial charge in [0.1, 0.15) is 5.75 Å². The van der Waals surface area contributed by atoms with Crippen molar-refractivity contribution >= 4 is 6.09 Å². The van der Waals surface area contributed by atoms with Gasteiger partial charge in [-0.1, -0.05) is 42.5 Å². The Balaban J connectivity index is 1.58. The lowest BCUT2D eigenvalue weighted by molar-refractivity contribution is 0.143. The maximum Gasteiger partial charge on any atom is 0.407 e. The molecule has 0 aromatic heterocycles. The van der Waals surface area contributed by atoms with Crippen molar-refractivity contribution in [3.05, 3.63) is 65.7 Å². The third kappa shape index (κ3) is 6.43. The molecule has 0 radical (unpaired) electrons. The van der Waals surface area contributed by atoms with Gasteiger partial charge in [0.15, 0.2) is 0 Å². The molecule has 0 aliphatic rings. The van der Waals surface area contributed by atoms with E-state index in [4.69, 9.17) is 9.47 Å². The third-order valence-electron chi connectivity index (χ3n) is 3.51. The largest absolute Gasteiger partial charge is 0.497 e. The SMILES string of the molecule is COc1cccc(CNC(=O)OCCCCc2ccccc2)c1. The fourth-order valence-corrected chi connectivity index (χ4v) is 2.25. The van der Waals surface area contributed by atoms with Gasteiger partial charge in [-0.15, -0.1) is 0 Å². The Morgan fingerprint density at radius 2 is 1.78 bits per heavy atom. The first-order chi connectivity index (χ1) is 11.3. The minimum Gasteiger partial charge on any atom is -0.497 e. The minimum absolute atomic E-state index is 0.382. The molecule has 4 nitrogen and oxygen atoms in total. The van der Waals surface area contributed by atoms with E-state index in [9.17, 15) is 4.79 Å². The molecular weight excluding hydrogens is 290 g/mol. The van der Waals surface area contributed by atoms with Crippen molar-refractivity contribution in [2.45, 2.75) is 25.8 Å². The fourth-order valence-electron chi connectivity index (χ4n) is 2.25. The Bertz CT molecular complexity index is 599. The van der Waals surface area contributed by atoms with Gasteiger partial charge in [0.25, 0.3) is 0 Å². The first-order valence-electron chi connectivity index (χ1n) is 7.85. The molecule has 0 bridgehead atoms. The van der Waals surface area contributed by atoms with Gasteiger partial charge in [0.05, 0.1) is 13.7 Å². The molecule has 0 spiro atoms. The standard InChI is InChI=1S/C19H23NO3/c1-22-18-12-7-11-17(14-18)15-20-19(21)23-13-6-5-10-16-8-3-2-4-9-16/h2-4,7-9,11-12,14H,5-6,10,13,15H2,1H3,(H,20,21). The molecule has 0 heterocycles. The predicted molar refractivity (Wildman–Crippen MR) is 90.6 cm³/mol. The number of benzene rings is 2. The molecule has 2 aromatic rings. The lowest BCUT2D eigenvalue weighted by Gasteiger charge is -2.08. The van der Waals surface area contributed by atoms with Gasteiger partial charge >= 0.3 is 6.09 Å². The number of nitrogens with one attached hydrogen (secondary N) is 1. The number of carbonyl (C=O) groups excluding carboxylic acids is 1. The van der Waals surface area contributed by atoms with Crippen molar-refractivity contribution in [1.82, 2.24) is 5.32 Å². The number of hydrogen-bond donors (Lipinski definition) is 1. The summed E-state index contributed by atoms with van der Waals surface area (Å²) in [5, 5.41) is 2.74. The van der Waals surface area contributed by atoms with Crippen LogP contribution in [0.2, 0.25) is 0 Å². The average molecular weight is 313 g/mol. The van der Waals surface area contributed by atoms with E-state index in [1.807, 2.05) is 42.5 Å². The topological polar surface area (TPSA) is 47.6 Å². The zero-order valence-corrected chi connectivity index (χ0v) is 13.5. The Kier molecular flexibility index (Phi) is 6.98. The molecule has 0 fully saturated rings. The summed E-state index contributed by atoms with van der Waals surface area (Å²) in [7, 11) is 1.62. The summed E-state index contributed by atoms with van der Waals surface area (Å²) in [6, 6.07) is 17.9. The molecule has 0 unspecified atom stereocenters. The van der Waals surface area contributed by atoms with Crippen molar-refractivity contribution in [2.75, 3.05) is 13.7 Å². The molecule has 0 saturated carbocycles. The van der Waals surface area contributed by atoms with Crippen molar-refractivity contribution in [2.24, 2.45) is 0 Å². The van der Waals surface area contributed by atoms with Gasteiger partial charge in [-0.05, 0) is 42.5 Å². The Morgan fingerprint density at radius 3 is 2.57 bits per heavy atom. The lowest BCUT2D eigenvalue weighted by atomic mass is 10.1. The summed E-state index contributed by atoms with van der Waals surface area (Å²) < 4.78 is 10.3. The maximum atomic E-state index is 11.6. The number of unbranched alkanes of at least 4 members (excludes halogenated alkanes) is 1. The van der Waals surface area contributed by atoms with E-state index < -0.39 is 0 Å². The summed E-state index contributed by atoms with van der Waals surface area (Å²) in [5.41, 5.74) is 2.29. The van der Waals surface area contributed by atoms with Crippen LogP contribution in [0.25, 0.3) is 0 Å². The molecule has 0 aliphatic heterocycles. The van der Waals surface area contributed by atoms with E-state index in [0.717, 1.165) is 30.6 Å². The minimum atomic E-state index is -0.382. The predicted octanol–water partition coefficient (Wildman–Crippen LogP) is 3.94. The number of alkyl carbamates (subject to hydrolysis) is 1. The summed E-state index contributed by atoms with van der Waals surface area (Å²) in [6.07, 6.45) is 2.50. The van der Waals surface area contributed by atoms with Crippen molar-refractivity contribution < 1.29 is 14.3 Å². The van der Waals surface area contributed by atoms with E-state index in [1.165, 1.54) is 5.56 Å². The summed E-state index contributed by atoms with van der Waals surface area (Å²) in [5.74, 6) is 0.776. The van der Waals surface area contributed by atoms with E-state index >= 15 is 0 Å². The van der Waals surface area contributed by atoms with Gasteiger partial charge in [0.2, 0.25) is 0 Å². The lowest BCUT2D eigenvalue weighted by Crippen LogP contribution is -2.24. The van der Waals surface area contributed by atoms with Crippen LogP contribution >= 0.6 is 0 Å². The van der Waals surface area contributed by atoms with Crippen molar-refractivity contribution in [3.8, 4) is 5.75 Å². The highest BCUT2D eigenvalue weighted by Crippen LogP contribution is 2.12. The average Bonchev–Trinajstić information content (AvgIpc) is 2.61. The number of hydrogen-bond acceptors (Lipinski definition) is 3. The highest BCUT2D eigenvalue weighted by molar-refractivity contribution is 5.67. The smallest absolute Gasteiger partial charge is 0.407 e. The molecule has 2 aromatic carbocycles. The molecule has 0 saturated heterocycles. The summed E-state index contributed by atoms with van der Waals surface area (Å²) in [4.78, 5) is 11.6. The zero-order chi connectivity index (χ0) is 16.3. The van der Waals surface area contributed by atoms with Gasteiger partial charge < -0.3 is 14.8 Å². The van der Waals surface area contributed by atoms with Crippen LogP contribution in [0.4, 0.5) is 4.79 Å². The first kappa shape index (κ1) is 16.9. The van der Waals surface area contributed by atoms with Crippen LogP contribution in [0.5, 0.6) is 5.75 Å². The highest BCUT2D eigenvalue weighted by atomic mass is 16.5. The van der Waals surface area contributed by atoms with Crippen LogP contribution in [0.3, 0.4) is 0 Å². The zero-order valence-electron chi connectivity index (χ0n) is 13.5. The number of methoxy groups -OCH3 is 1. The number of carbonyl (C=O) groups is 1. The molecule has 122 valence electrons. The van der Waals surface area contributed by atoms with Crippen LogP contribution in [-0.4, -0.2) is 19.8 Å². The van der Waals surface area contributed by atoms with Crippen LogP contribution in [0, 0.1) is 0 Å². The normalized spacial score (nSPS) is 10.1. The Morgan fingerprint density at radius 1 is 1.00 bits per heavy atom. The quantitative estimate of drug-likeness (QED) is 0.751. The number of ether oxygens (including phenoxy) is 2. The van der Waals surface area contributed by atoms with Crippen LogP contribution in [0.15, 0.2) is 54.6 Å². The Hall–Kier alpha value is -2.49. The second-order valence-electron chi connectivity index (χ2n) is 5.28. The van der Waals surface area contributed by atoms with E-state index in [-0.39, 0.29) is 6.09 Å². The van der Waals surface area contributed by atoms with Crippen molar-refractivity contribution in [3.63, 3.8) is 0 Å². The highest BCUT2D eigenvalue weighted by Gasteiger charge is 2.03. The molecule has 1 amide bonds. The van der Waals surface area contributed by atoms with Gasteiger partial charge in [-0.3, -0.25) is 0 Å². The van der Waals surface area contributed by atoms with E-state index in [0.29, 0.717) is 13.2 Å². The number of aryl methyl sites for hydroxylation is 1. The monoisotopic (exact) mass is 313 g/mol. The second kappa shape index (κ2) is 9.51. The van der Waals surface area contributed by atoms with E-state index in [2.05, 4.69) is 17.4 Å². The molecule has 4 heteroatoms. The van der Waals surface area contributed by atoms with Crippen LogP contribution in [0.1, 0.15) is 24.0 Å². The number of amides is 1. The van der Waals surface area contributed by atoms with Gasteiger partial charge in [0, 0.05) is 6.54 Å². The second-order valence-corrected chi connectivity index (χ2v) is 5.28. The molecule has 2 rings (SSSR count). The number of rotatable bonds is 8. The Labute approximate surface area is 137 Å². The molecule has 0 aliphatic carbocycles. The van der Waals surface area contributed by atoms with Gasteiger partial charge in [-0.2, -0.15) is 0 Å². The molecular formula is C19H23NO3. The molecule has 0 atom stereocenters. The summed E-state index contributed by atoms with van der Waals surface area (Å²) >= 11 is 0. The third-order valence-corrected chi connectivity index (χ3v) is 3.51. The van der Waals surface area contributed by atoms with Crippen LogP contribution < -0.4 is 10.1 Å². The maximum absolute atomic E-state index is 11.6. The van der Waals surface area contributed by atoms with E-state index in [1.54, 1.807) is 7.11 Å². The summed E-state index contributed by atoms with van der Waals surface area (Å²) in [6.45, 7) is 0.872. The first-order valence-corrected chi connectivity index (χ1v) is 7.85. The van der Waals surface area contributed by atoms with Gasteiger partial charge in [-0.25, -0.2) is 4.79 Å². The van der Waals surface area contributed by atoms with Crippen molar-refractivity contribution in [1.29, 1.82) is 0 Å². The van der Waals surface area contributed by atoms with Crippen LogP contribution in [-0.2, 0) is 17.7 Å². The molecule has 1 N–H and O–H groups in total.